The molecule has 0 N–H and O–H groups in total. The molecule has 1 fully saturated rings. The van der Waals surface area contributed by atoms with Gasteiger partial charge in [-0.25, -0.2) is 0 Å². The van der Waals surface area contributed by atoms with Crippen LogP contribution in [0.5, 0.6) is 5.75 Å². The Morgan fingerprint density at radius 2 is 2.03 bits per heavy atom. The molecule has 3 rings (SSSR count). The third kappa shape index (κ3) is 5.63. The molecule has 0 unspecified atom stereocenters. The monoisotopic (exact) mass is 416 g/mol. The molecule has 0 aliphatic carbocycles. The molecule has 2 heterocycles. The second-order valence-corrected chi connectivity index (χ2v) is 8.07. The minimum Gasteiger partial charge on any atom is -0.493 e. The van der Waals surface area contributed by atoms with Crippen LogP contribution in [0.2, 0.25) is 0 Å². The van der Waals surface area contributed by atoms with E-state index in [2.05, 4.69) is 16.8 Å². The van der Waals surface area contributed by atoms with Gasteiger partial charge in [0.15, 0.2) is 5.17 Å². The van der Waals surface area contributed by atoms with Gasteiger partial charge in [-0.2, -0.15) is 4.99 Å². The van der Waals surface area contributed by atoms with Crippen LogP contribution in [0.3, 0.4) is 0 Å². The minimum absolute atomic E-state index is 0.0592. The summed E-state index contributed by atoms with van der Waals surface area (Å²) in [5.41, 5.74) is 0.886. The number of esters is 1. The van der Waals surface area contributed by atoms with Crippen LogP contribution in [0, 0.1) is 5.92 Å². The fraction of sp³-hybridized carbons (Fsp3) is 0.500. The lowest BCUT2D eigenvalue weighted by Gasteiger charge is -2.31. The first-order valence-electron chi connectivity index (χ1n) is 10.3. The number of benzene rings is 1. The molecule has 2 aliphatic heterocycles. The molecule has 7 heteroatoms. The van der Waals surface area contributed by atoms with Crippen LogP contribution in [0.1, 0.15) is 45.1 Å². The van der Waals surface area contributed by atoms with Crippen molar-refractivity contribution < 1.29 is 19.1 Å². The van der Waals surface area contributed by atoms with Crippen molar-refractivity contribution >= 4 is 34.9 Å². The molecular weight excluding hydrogens is 388 g/mol. The van der Waals surface area contributed by atoms with Crippen LogP contribution in [0.15, 0.2) is 34.2 Å². The van der Waals surface area contributed by atoms with Gasteiger partial charge >= 0.3 is 5.97 Å². The molecule has 0 saturated carbocycles. The number of hydrogen-bond donors (Lipinski definition) is 0. The number of nitrogens with zero attached hydrogens (tertiary/aromatic N) is 2. The van der Waals surface area contributed by atoms with Gasteiger partial charge in [-0.3, -0.25) is 9.59 Å². The van der Waals surface area contributed by atoms with Gasteiger partial charge in [-0.1, -0.05) is 31.5 Å². The van der Waals surface area contributed by atoms with Crippen LogP contribution >= 0.6 is 11.8 Å². The maximum atomic E-state index is 12.4. The fourth-order valence-corrected chi connectivity index (χ4v) is 4.25. The van der Waals surface area contributed by atoms with Crippen LogP contribution in [0.25, 0.3) is 6.08 Å². The highest BCUT2D eigenvalue weighted by atomic mass is 32.2. The number of likely N-dealkylation sites (tertiary alicyclic amines) is 1. The van der Waals surface area contributed by atoms with Gasteiger partial charge in [-0.15, -0.1) is 0 Å². The molecule has 0 aromatic heterocycles. The number of rotatable bonds is 7. The Kier molecular flexibility index (Phi) is 7.75. The number of ether oxygens (including phenoxy) is 2. The van der Waals surface area contributed by atoms with Gasteiger partial charge < -0.3 is 14.4 Å². The van der Waals surface area contributed by atoms with Crippen molar-refractivity contribution in [3.63, 3.8) is 0 Å². The number of carbonyl (C=O) groups excluding carboxylic acids is 2. The SMILES string of the molecule is CCCCOc1ccccc1/C=C1/SC(N2CCC(C(=O)OCC)CC2)=NC1=O. The van der Waals surface area contributed by atoms with E-state index in [1.54, 1.807) is 0 Å². The number of thioether (sulfide) groups is 1. The maximum Gasteiger partial charge on any atom is 0.309 e. The van der Waals surface area contributed by atoms with Gasteiger partial charge in [0.05, 0.1) is 24.0 Å². The molecule has 29 heavy (non-hydrogen) atoms. The van der Waals surface area contributed by atoms with E-state index in [1.807, 2.05) is 37.3 Å². The van der Waals surface area contributed by atoms with Crippen molar-refractivity contribution in [2.75, 3.05) is 26.3 Å². The van der Waals surface area contributed by atoms with E-state index in [4.69, 9.17) is 9.47 Å². The quantitative estimate of drug-likeness (QED) is 0.379. The smallest absolute Gasteiger partial charge is 0.309 e. The van der Waals surface area contributed by atoms with Gasteiger partial charge in [0.2, 0.25) is 0 Å². The van der Waals surface area contributed by atoms with E-state index in [9.17, 15) is 9.59 Å². The van der Waals surface area contributed by atoms with Crippen molar-refractivity contribution in [3.8, 4) is 5.75 Å². The maximum absolute atomic E-state index is 12.4. The third-order valence-electron chi connectivity index (χ3n) is 4.96. The zero-order chi connectivity index (χ0) is 20.6. The molecule has 6 nitrogen and oxygen atoms in total. The number of piperidine rings is 1. The standard InChI is InChI=1S/C22H28N2O4S/c1-3-5-14-28-18-9-7-6-8-17(18)15-19-20(25)23-22(29-19)24-12-10-16(11-13-24)21(26)27-4-2/h6-9,15-16H,3-5,10-14H2,1-2H3/b19-15+. The summed E-state index contributed by atoms with van der Waals surface area (Å²) in [6.45, 7) is 6.42. The summed E-state index contributed by atoms with van der Waals surface area (Å²) in [4.78, 5) is 31.3. The van der Waals surface area contributed by atoms with E-state index < -0.39 is 0 Å². The van der Waals surface area contributed by atoms with E-state index in [0.29, 0.717) is 36.4 Å². The summed E-state index contributed by atoms with van der Waals surface area (Å²) in [7, 11) is 0. The largest absolute Gasteiger partial charge is 0.493 e. The van der Waals surface area contributed by atoms with E-state index in [-0.39, 0.29) is 17.8 Å². The first kappa shape index (κ1) is 21.4. The van der Waals surface area contributed by atoms with Gasteiger partial charge in [-0.05, 0) is 50.1 Å². The normalized spacial score (nSPS) is 18.8. The average molecular weight is 417 g/mol. The first-order valence-corrected chi connectivity index (χ1v) is 11.1. The molecule has 1 aromatic rings. The molecule has 1 amide bonds. The third-order valence-corrected chi connectivity index (χ3v) is 6.00. The van der Waals surface area contributed by atoms with Crippen molar-refractivity contribution in [2.45, 2.75) is 39.5 Å². The second-order valence-electron chi connectivity index (χ2n) is 7.06. The highest BCUT2D eigenvalue weighted by Gasteiger charge is 2.31. The zero-order valence-corrected chi connectivity index (χ0v) is 17.9. The van der Waals surface area contributed by atoms with Gasteiger partial charge in [0, 0.05) is 18.7 Å². The predicted molar refractivity (Wildman–Crippen MR) is 116 cm³/mol. The van der Waals surface area contributed by atoms with Crippen LogP contribution in [-0.2, 0) is 14.3 Å². The van der Waals surface area contributed by atoms with Crippen LogP contribution < -0.4 is 4.74 Å². The lowest BCUT2D eigenvalue weighted by molar-refractivity contribution is -0.149. The molecule has 2 aliphatic rings. The number of amides is 1. The molecule has 0 atom stereocenters. The fourth-order valence-electron chi connectivity index (χ4n) is 3.30. The highest BCUT2D eigenvalue weighted by molar-refractivity contribution is 8.18. The van der Waals surface area contributed by atoms with E-state index >= 15 is 0 Å². The van der Waals surface area contributed by atoms with Gasteiger partial charge in [0.25, 0.3) is 5.91 Å². The Bertz CT molecular complexity index is 798. The molecule has 156 valence electrons. The van der Waals surface area contributed by atoms with Crippen LogP contribution in [0.4, 0.5) is 0 Å². The Balaban J connectivity index is 1.62. The number of amidine groups is 1. The molecule has 1 saturated heterocycles. The molecular formula is C22H28N2O4S. The summed E-state index contributed by atoms with van der Waals surface area (Å²) in [5.74, 6) is 0.381. The zero-order valence-electron chi connectivity index (χ0n) is 17.1. The molecule has 1 aromatic carbocycles. The summed E-state index contributed by atoms with van der Waals surface area (Å²) < 4.78 is 11.0. The summed E-state index contributed by atoms with van der Waals surface area (Å²) in [6.07, 6.45) is 5.37. The number of hydrogen-bond acceptors (Lipinski definition) is 6. The lowest BCUT2D eigenvalue weighted by atomic mass is 9.97. The topological polar surface area (TPSA) is 68.2 Å². The Morgan fingerprint density at radius 3 is 2.76 bits per heavy atom. The summed E-state index contributed by atoms with van der Waals surface area (Å²) in [6, 6.07) is 7.74. The highest BCUT2D eigenvalue weighted by Crippen LogP contribution is 2.34. The number of carbonyl (C=O) groups is 2. The second kappa shape index (κ2) is 10.5. The number of unbranched alkanes of at least 4 members (excludes halogenated alkanes) is 1. The van der Waals surface area contributed by atoms with E-state index in [0.717, 1.165) is 37.0 Å². The average Bonchev–Trinajstić information content (AvgIpc) is 3.10. The Hall–Kier alpha value is -2.28. The van der Waals surface area contributed by atoms with Gasteiger partial charge in [0.1, 0.15) is 5.75 Å². The van der Waals surface area contributed by atoms with E-state index in [1.165, 1.54) is 11.8 Å². The number of para-hydroxylation sites is 1. The van der Waals surface area contributed by atoms with Crippen molar-refractivity contribution in [3.05, 3.63) is 34.7 Å². The predicted octanol–water partition coefficient (Wildman–Crippen LogP) is 4.11. The molecule has 0 bridgehead atoms. The van der Waals surface area contributed by atoms with Crippen molar-refractivity contribution in [2.24, 2.45) is 10.9 Å². The van der Waals surface area contributed by atoms with Crippen molar-refractivity contribution in [1.82, 2.24) is 4.90 Å². The summed E-state index contributed by atoms with van der Waals surface area (Å²) >= 11 is 1.39. The Labute approximate surface area is 176 Å². The first-order chi connectivity index (χ1) is 14.1. The number of aliphatic imine (C=N–C) groups is 1. The Morgan fingerprint density at radius 1 is 1.28 bits per heavy atom. The summed E-state index contributed by atoms with van der Waals surface area (Å²) in [5, 5.41) is 0.716. The van der Waals surface area contributed by atoms with Crippen molar-refractivity contribution in [1.29, 1.82) is 0 Å². The van der Waals surface area contributed by atoms with Crippen LogP contribution in [-0.4, -0.2) is 48.2 Å². The lowest BCUT2D eigenvalue weighted by Crippen LogP contribution is -2.39. The molecule has 0 radical (unpaired) electrons. The minimum atomic E-state index is -0.221. The molecule has 0 spiro atoms.